The highest BCUT2D eigenvalue weighted by Gasteiger charge is 2.29. The number of benzene rings is 2. The van der Waals surface area contributed by atoms with Crippen LogP contribution in [0.15, 0.2) is 46.9 Å². The highest BCUT2D eigenvalue weighted by atomic mass is 79.9. The molecule has 1 heterocycles. The van der Waals surface area contributed by atoms with E-state index < -0.39 is 0 Å². The molecule has 1 aliphatic rings. The predicted octanol–water partition coefficient (Wildman–Crippen LogP) is 6.03. The Bertz CT molecular complexity index is 1070. The molecule has 3 aromatic rings. The van der Waals surface area contributed by atoms with E-state index in [9.17, 15) is 0 Å². The third-order valence-corrected chi connectivity index (χ3v) is 7.03. The van der Waals surface area contributed by atoms with Crippen molar-refractivity contribution in [2.24, 2.45) is 0 Å². The predicted molar refractivity (Wildman–Crippen MR) is 137 cm³/mol. The molecule has 6 heteroatoms. The average molecular weight is 497 g/mol. The van der Waals surface area contributed by atoms with Crippen molar-refractivity contribution in [3.63, 3.8) is 0 Å². The van der Waals surface area contributed by atoms with E-state index in [0.717, 1.165) is 35.7 Å². The first-order valence-electron chi connectivity index (χ1n) is 11.8. The molecule has 0 unspecified atom stereocenters. The summed E-state index contributed by atoms with van der Waals surface area (Å²) in [6.45, 7) is 9.82. The topological polar surface area (TPSA) is 46.3 Å². The third-order valence-electron chi connectivity index (χ3n) is 6.54. The molecule has 32 heavy (non-hydrogen) atoms. The minimum atomic E-state index is -0.344. The molecule has 0 amide bonds. The van der Waals surface area contributed by atoms with Crippen molar-refractivity contribution in [3.05, 3.63) is 63.8 Å². The van der Waals surface area contributed by atoms with E-state index >= 15 is 0 Å². The minimum Gasteiger partial charge on any atom is -0.408 e. The number of nitrogens with one attached hydrogen (secondary N) is 2. The number of H-pyrrole nitrogens is 1. The maximum absolute atomic E-state index is 6.30. The van der Waals surface area contributed by atoms with Gasteiger partial charge < -0.3 is 19.6 Å². The molecule has 0 aliphatic heterocycles. The number of aromatic nitrogens is 1. The summed E-state index contributed by atoms with van der Waals surface area (Å²) in [5, 5.41) is 5.15. The van der Waals surface area contributed by atoms with Crippen molar-refractivity contribution < 1.29 is 9.31 Å². The minimum absolute atomic E-state index is 0.225. The van der Waals surface area contributed by atoms with Gasteiger partial charge in [-0.2, -0.15) is 0 Å². The summed E-state index contributed by atoms with van der Waals surface area (Å²) < 4.78 is 13.4. The summed E-state index contributed by atoms with van der Waals surface area (Å²) in [5.41, 5.74) is 6.14. The van der Waals surface area contributed by atoms with Crippen molar-refractivity contribution in [1.82, 2.24) is 10.3 Å². The number of halogens is 1. The van der Waals surface area contributed by atoms with Crippen LogP contribution < -0.4 is 10.8 Å². The molecule has 0 spiro atoms. The first-order chi connectivity index (χ1) is 15.4. The Labute approximate surface area is 200 Å². The average Bonchev–Trinajstić information content (AvgIpc) is 3.16. The zero-order chi connectivity index (χ0) is 22.7. The van der Waals surface area contributed by atoms with E-state index in [2.05, 4.69) is 89.5 Å². The summed E-state index contributed by atoms with van der Waals surface area (Å²) in [7, 11) is -0.344. The molecule has 0 fully saturated rings. The van der Waals surface area contributed by atoms with Gasteiger partial charge in [0.2, 0.25) is 0 Å². The molecule has 2 N–H and O–H groups in total. The Balaban J connectivity index is 1.50. The van der Waals surface area contributed by atoms with Crippen LogP contribution in [0.2, 0.25) is 0 Å². The van der Waals surface area contributed by atoms with Gasteiger partial charge in [0.15, 0.2) is 0 Å². The molecule has 1 atom stereocenters. The largest absolute Gasteiger partial charge is 0.494 e. The second kappa shape index (κ2) is 10.1. The molecule has 1 aliphatic carbocycles. The van der Waals surface area contributed by atoms with Crippen LogP contribution in [0.4, 0.5) is 0 Å². The zero-order valence-electron chi connectivity index (χ0n) is 19.6. The van der Waals surface area contributed by atoms with Crippen molar-refractivity contribution in [3.8, 4) is 0 Å². The van der Waals surface area contributed by atoms with Gasteiger partial charge in [0.1, 0.15) is 0 Å². The molecule has 4 nitrogen and oxygen atoms in total. The van der Waals surface area contributed by atoms with Gasteiger partial charge in [0.05, 0.1) is 0 Å². The molecule has 2 aromatic carbocycles. The van der Waals surface area contributed by atoms with E-state index in [4.69, 9.17) is 9.31 Å². The van der Waals surface area contributed by atoms with Gasteiger partial charge >= 0.3 is 7.12 Å². The van der Waals surface area contributed by atoms with E-state index in [1.807, 2.05) is 6.92 Å². The van der Waals surface area contributed by atoms with Crippen molar-refractivity contribution in [2.75, 3.05) is 6.61 Å². The number of hydrogen-bond acceptors (Lipinski definition) is 3. The van der Waals surface area contributed by atoms with Crippen molar-refractivity contribution >= 4 is 39.4 Å². The van der Waals surface area contributed by atoms with E-state index in [1.165, 1.54) is 34.1 Å². The van der Waals surface area contributed by atoms with Gasteiger partial charge in [-0.05, 0) is 81.2 Å². The Morgan fingerprint density at radius 3 is 2.81 bits per heavy atom. The smallest absolute Gasteiger partial charge is 0.408 e. The molecule has 170 valence electrons. The van der Waals surface area contributed by atoms with E-state index in [1.54, 1.807) is 0 Å². The Morgan fingerprint density at radius 2 is 2.03 bits per heavy atom. The molecule has 1 aromatic heterocycles. The Morgan fingerprint density at radius 1 is 1.19 bits per heavy atom. The standard InChI is InChI=1S/C26H34BBrN2O2/c1-5-26(3,4)32-27(31-6-2)19-10-7-9-18(15-19)17-29-24-12-8-11-21-22-16-20(28)13-14-23(22)30-25(21)24/h7,9-10,13-16,24,29-30H,5-6,8,11-12,17H2,1-4H3/t24-/m1/s1. The first kappa shape index (κ1) is 23.6. The number of rotatable bonds is 9. The van der Waals surface area contributed by atoms with Crippen LogP contribution >= 0.6 is 15.9 Å². The molecule has 0 saturated carbocycles. The molecular weight excluding hydrogens is 463 g/mol. The maximum Gasteiger partial charge on any atom is 0.494 e. The number of aromatic amines is 1. The molecule has 0 saturated heterocycles. The van der Waals surface area contributed by atoms with Gasteiger partial charge in [-0.1, -0.05) is 47.1 Å². The summed E-state index contributed by atoms with van der Waals surface area (Å²) in [6, 6.07) is 15.5. The molecule has 0 bridgehead atoms. The van der Waals surface area contributed by atoms with Gasteiger partial charge in [-0.15, -0.1) is 0 Å². The van der Waals surface area contributed by atoms with Crippen LogP contribution in [0.1, 0.15) is 69.8 Å². The Hall–Kier alpha value is -1.60. The fourth-order valence-electron chi connectivity index (χ4n) is 4.45. The fourth-order valence-corrected chi connectivity index (χ4v) is 4.81. The van der Waals surface area contributed by atoms with E-state index in [0.29, 0.717) is 12.6 Å². The van der Waals surface area contributed by atoms with Crippen LogP contribution in [0.3, 0.4) is 0 Å². The molecule has 4 rings (SSSR count). The number of hydrogen-bond donors (Lipinski definition) is 2. The monoisotopic (exact) mass is 496 g/mol. The first-order valence-corrected chi connectivity index (χ1v) is 12.6. The van der Waals surface area contributed by atoms with Crippen LogP contribution in [0, 0.1) is 0 Å². The summed E-state index contributed by atoms with van der Waals surface area (Å²) in [5.74, 6) is 0. The SMILES string of the molecule is CCOB(OC(C)(C)CC)c1cccc(CN[C@@H]2CCCc3c2[nH]c2ccc(Br)cc32)c1. The highest BCUT2D eigenvalue weighted by molar-refractivity contribution is 9.10. The van der Waals surface area contributed by atoms with Gasteiger partial charge in [-0.25, -0.2) is 0 Å². The normalized spacial score (nSPS) is 16.3. The number of aryl methyl sites for hydroxylation is 1. The van der Waals surface area contributed by atoms with Gasteiger partial charge in [0, 0.05) is 45.9 Å². The molecular formula is C26H34BBrN2O2. The lowest BCUT2D eigenvalue weighted by Crippen LogP contribution is -2.44. The maximum atomic E-state index is 6.30. The quantitative estimate of drug-likeness (QED) is 0.355. The lowest BCUT2D eigenvalue weighted by atomic mass is 9.76. The lowest BCUT2D eigenvalue weighted by Gasteiger charge is -2.28. The van der Waals surface area contributed by atoms with Crippen LogP contribution in [-0.4, -0.2) is 24.3 Å². The summed E-state index contributed by atoms with van der Waals surface area (Å²) in [6.07, 6.45) is 4.43. The fraction of sp³-hybridized carbons (Fsp3) is 0.462. The van der Waals surface area contributed by atoms with E-state index in [-0.39, 0.29) is 12.7 Å². The number of fused-ring (bicyclic) bond motifs is 3. The second-order valence-electron chi connectivity index (χ2n) is 9.30. The Kier molecular flexibility index (Phi) is 7.45. The van der Waals surface area contributed by atoms with Crippen LogP contribution in [0.25, 0.3) is 10.9 Å². The summed E-state index contributed by atoms with van der Waals surface area (Å²) in [4.78, 5) is 3.68. The van der Waals surface area contributed by atoms with Crippen molar-refractivity contribution in [2.45, 2.75) is 71.6 Å². The highest BCUT2D eigenvalue weighted by Crippen LogP contribution is 2.36. The van der Waals surface area contributed by atoms with Crippen LogP contribution in [-0.2, 0) is 22.3 Å². The zero-order valence-corrected chi connectivity index (χ0v) is 21.2. The van der Waals surface area contributed by atoms with Crippen LogP contribution in [0.5, 0.6) is 0 Å². The summed E-state index contributed by atoms with van der Waals surface area (Å²) >= 11 is 3.62. The van der Waals surface area contributed by atoms with Gasteiger partial charge in [0.25, 0.3) is 0 Å². The van der Waals surface area contributed by atoms with Gasteiger partial charge in [-0.3, -0.25) is 0 Å². The lowest BCUT2D eigenvalue weighted by molar-refractivity contribution is 0.0706. The molecule has 0 radical (unpaired) electrons. The van der Waals surface area contributed by atoms with Crippen molar-refractivity contribution in [1.29, 1.82) is 0 Å². The third kappa shape index (κ3) is 5.31. The second-order valence-corrected chi connectivity index (χ2v) is 10.2.